The van der Waals surface area contributed by atoms with Crippen LogP contribution in [0.25, 0.3) is 0 Å². The Hall–Kier alpha value is -2.47. The monoisotopic (exact) mass is 365 g/mol. The average Bonchev–Trinajstić information content (AvgIpc) is 2.86. The van der Waals surface area contributed by atoms with Crippen LogP contribution >= 0.6 is 11.6 Å². The molecular formula is C18H20ClNO5. The molecule has 1 aromatic heterocycles. The van der Waals surface area contributed by atoms with Crippen LogP contribution in [-0.2, 0) is 9.47 Å². The molecule has 2 aromatic rings. The highest BCUT2D eigenvalue weighted by Crippen LogP contribution is 2.20. The summed E-state index contributed by atoms with van der Waals surface area (Å²) in [6.45, 7) is 5.63. The summed E-state index contributed by atoms with van der Waals surface area (Å²) >= 11 is 5.86. The summed E-state index contributed by atoms with van der Waals surface area (Å²) in [6.07, 6.45) is 0. The molecule has 0 aliphatic rings. The molecule has 0 amide bonds. The van der Waals surface area contributed by atoms with Crippen LogP contribution in [-0.4, -0.2) is 36.7 Å². The third kappa shape index (κ3) is 4.76. The molecule has 0 unspecified atom stereocenters. The Labute approximate surface area is 151 Å². The summed E-state index contributed by atoms with van der Waals surface area (Å²) in [6, 6.07) is 6.95. The summed E-state index contributed by atoms with van der Waals surface area (Å²) in [5.74, 6) is -0.414. The first-order valence-electron chi connectivity index (χ1n) is 7.85. The first-order chi connectivity index (χ1) is 11.9. The van der Waals surface area contributed by atoms with Crippen LogP contribution < -0.4 is 4.74 Å². The second-order valence-corrected chi connectivity index (χ2v) is 5.72. The number of H-pyrrole nitrogens is 1. The lowest BCUT2D eigenvalue weighted by atomic mass is 10.1. The largest absolute Gasteiger partial charge is 0.490 e. The number of aromatic amines is 1. The van der Waals surface area contributed by atoms with Gasteiger partial charge in [-0.2, -0.15) is 0 Å². The molecule has 0 fully saturated rings. The average molecular weight is 366 g/mol. The highest BCUT2D eigenvalue weighted by Gasteiger charge is 2.23. The predicted octanol–water partition coefficient (Wildman–Crippen LogP) is 3.70. The first-order valence-corrected chi connectivity index (χ1v) is 8.23. The van der Waals surface area contributed by atoms with Gasteiger partial charge in [0.1, 0.15) is 24.7 Å². The summed E-state index contributed by atoms with van der Waals surface area (Å²) in [5.41, 5.74) is 1.68. The molecule has 0 aliphatic carbocycles. The molecule has 134 valence electrons. The van der Waals surface area contributed by atoms with Crippen molar-refractivity contribution in [3.8, 4) is 5.75 Å². The van der Waals surface area contributed by atoms with E-state index in [-0.39, 0.29) is 25.5 Å². The lowest BCUT2D eigenvalue weighted by Crippen LogP contribution is -2.14. The molecular weight excluding hydrogens is 346 g/mol. The van der Waals surface area contributed by atoms with Gasteiger partial charge in [0.2, 0.25) is 0 Å². The van der Waals surface area contributed by atoms with E-state index in [1.165, 1.54) is 0 Å². The number of benzene rings is 1. The molecule has 25 heavy (non-hydrogen) atoms. The quantitative estimate of drug-likeness (QED) is 0.598. The first kappa shape index (κ1) is 18.9. The van der Waals surface area contributed by atoms with Gasteiger partial charge in [-0.15, -0.1) is 0 Å². The summed E-state index contributed by atoms with van der Waals surface area (Å²) in [4.78, 5) is 27.0. The van der Waals surface area contributed by atoms with E-state index in [1.807, 2.05) is 0 Å². The number of esters is 2. The van der Waals surface area contributed by atoms with Gasteiger partial charge < -0.3 is 19.2 Å². The van der Waals surface area contributed by atoms with Crippen molar-refractivity contribution in [3.05, 3.63) is 51.8 Å². The van der Waals surface area contributed by atoms with Crippen LogP contribution in [0.4, 0.5) is 0 Å². The minimum Gasteiger partial charge on any atom is -0.490 e. The minimum atomic E-state index is -0.550. The Balaban J connectivity index is 1.93. The maximum atomic E-state index is 12.2. The Bertz CT molecular complexity index is 769. The van der Waals surface area contributed by atoms with Crippen molar-refractivity contribution >= 4 is 23.5 Å². The van der Waals surface area contributed by atoms with E-state index in [2.05, 4.69) is 4.98 Å². The van der Waals surface area contributed by atoms with E-state index < -0.39 is 11.9 Å². The standard InChI is InChI=1S/C18H20ClNO5/c1-4-23-17(21)15-11(2)16(20-12(15)3)18(22)25-9-8-24-14-7-5-6-13(19)10-14/h5-7,10,20H,4,8-9H2,1-3H3. The van der Waals surface area contributed by atoms with Crippen molar-refractivity contribution in [3.63, 3.8) is 0 Å². The van der Waals surface area contributed by atoms with E-state index in [1.54, 1.807) is 45.0 Å². The van der Waals surface area contributed by atoms with Crippen LogP contribution in [0.2, 0.25) is 5.02 Å². The van der Waals surface area contributed by atoms with Gasteiger partial charge in [0.25, 0.3) is 0 Å². The minimum absolute atomic E-state index is 0.0671. The zero-order valence-electron chi connectivity index (χ0n) is 14.3. The number of carbonyl (C=O) groups is 2. The van der Waals surface area contributed by atoms with E-state index in [9.17, 15) is 9.59 Å². The highest BCUT2D eigenvalue weighted by molar-refractivity contribution is 6.30. The second-order valence-electron chi connectivity index (χ2n) is 5.29. The van der Waals surface area contributed by atoms with Crippen molar-refractivity contribution in [1.82, 2.24) is 4.98 Å². The van der Waals surface area contributed by atoms with E-state index >= 15 is 0 Å². The van der Waals surface area contributed by atoms with Gasteiger partial charge in [0.05, 0.1) is 12.2 Å². The number of aromatic nitrogens is 1. The molecule has 0 aliphatic heterocycles. The lowest BCUT2D eigenvalue weighted by Gasteiger charge is -2.07. The smallest absolute Gasteiger partial charge is 0.355 e. The molecule has 0 saturated heterocycles. The number of halogens is 1. The van der Waals surface area contributed by atoms with Crippen molar-refractivity contribution in [1.29, 1.82) is 0 Å². The molecule has 1 heterocycles. The van der Waals surface area contributed by atoms with Gasteiger partial charge in [-0.3, -0.25) is 0 Å². The van der Waals surface area contributed by atoms with Crippen LogP contribution in [0.15, 0.2) is 24.3 Å². The molecule has 1 aromatic carbocycles. The zero-order valence-corrected chi connectivity index (χ0v) is 15.1. The fraction of sp³-hybridized carbons (Fsp3) is 0.333. The second kappa shape index (κ2) is 8.58. The summed E-state index contributed by atoms with van der Waals surface area (Å²) < 4.78 is 15.6. The Morgan fingerprint density at radius 1 is 1.12 bits per heavy atom. The van der Waals surface area contributed by atoms with Gasteiger partial charge in [-0.05, 0) is 44.5 Å². The van der Waals surface area contributed by atoms with Crippen LogP contribution in [0, 0.1) is 13.8 Å². The van der Waals surface area contributed by atoms with E-state index in [0.29, 0.717) is 27.6 Å². The van der Waals surface area contributed by atoms with Gasteiger partial charge in [-0.1, -0.05) is 17.7 Å². The van der Waals surface area contributed by atoms with Crippen molar-refractivity contribution in [2.24, 2.45) is 0 Å². The Morgan fingerprint density at radius 2 is 1.88 bits per heavy atom. The fourth-order valence-corrected chi connectivity index (χ4v) is 2.57. The predicted molar refractivity (Wildman–Crippen MR) is 93.5 cm³/mol. The third-order valence-electron chi connectivity index (χ3n) is 3.50. The van der Waals surface area contributed by atoms with Crippen LogP contribution in [0.3, 0.4) is 0 Å². The third-order valence-corrected chi connectivity index (χ3v) is 3.74. The normalized spacial score (nSPS) is 10.4. The van der Waals surface area contributed by atoms with Crippen LogP contribution in [0.5, 0.6) is 5.75 Å². The summed E-state index contributed by atoms with van der Waals surface area (Å²) in [5, 5.41) is 0.568. The Morgan fingerprint density at radius 3 is 2.56 bits per heavy atom. The van der Waals surface area contributed by atoms with Crippen molar-refractivity contribution < 1.29 is 23.8 Å². The maximum absolute atomic E-state index is 12.2. The van der Waals surface area contributed by atoms with Crippen LogP contribution in [0.1, 0.15) is 39.0 Å². The highest BCUT2D eigenvalue weighted by atomic mass is 35.5. The molecule has 1 N–H and O–H groups in total. The van der Waals surface area contributed by atoms with Gasteiger partial charge in [0, 0.05) is 10.7 Å². The maximum Gasteiger partial charge on any atom is 0.355 e. The number of nitrogens with one attached hydrogen (secondary N) is 1. The summed E-state index contributed by atoms with van der Waals surface area (Å²) in [7, 11) is 0. The van der Waals surface area contributed by atoms with Gasteiger partial charge in [-0.25, -0.2) is 9.59 Å². The molecule has 0 spiro atoms. The number of aryl methyl sites for hydroxylation is 1. The molecule has 0 atom stereocenters. The molecule has 0 radical (unpaired) electrons. The van der Waals surface area contributed by atoms with E-state index in [0.717, 1.165) is 0 Å². The number of hydrogen-bond acceptors (Lipinski definition) is 5. The van der Waals surface area contributed by atoms with Crippen molar-refractivity contribution in [2.45, 2.75) is 20.8 Å². The Kier molecular flexibility index (Phi) is 6.47. The lowest BCUT2D eigenvalue weighted by molar-refractivity contribution is 0.0443. The van der Waals surface area contributed by atoms with Crippen molar-refractivity contribution in [2.75, 3.05) is 19.8 Å². The number of hydrogen-bond donors (Lipinski definition) is 1. The number of carbonyl (C=O) groups excluding carboxylic acids is 2. The SMILES string of the molecule is CCOC(=O)c1c(C)[nH]c(C(=O)OCCOc2cccc(Cl)c2)c1C. The number of rotatable bonds is 7. The molecule has 2 rings (SSSR count). The topological polar surface area (TPSA) is 77.6 Å². The van der Waals surface area contributed by atoms with Gasteiger partial charge in [0.15, 0.2) is 0 Å². The molecule has 7 heteroatoms. The fourth-order valence-electron chi connectivity index (χ4n) is 2.39. The molecule has 0 bridgehead atoms. The zero-order chi connectivity index (χ0) is 18.4. The molecule has 6 nitrogen and oxygen atoms in total. The molecule has 0 saturated carbocycles. The van der Waals surface area contributed by atoms with E-state index in [4.69, 9.17) is 25.8 Å². The van der Waals surface area contributed by atoms with Gasteiger partial charge >= 0.3 is 11.9 Å². The number of ether oxygens (including phenoxy) is 3.